The number of nitrogens with one attached hydrogen (secondary N) is 3. The second-order valence-electron chi connectivity index (χ2n) is 7.39. The Labute approximate surface area is 180 Å². The van der Waals surface area contributed by atoms with E-state index in [1.54, 1.807) is 12.1 Å². The summed E-state index contributed by atoms with van der Waals surface area (Å²) in [6.07, 6.45) is 3.23. The van der Waals surface area contributed by atoms with Gasteiger partial charge in [0.1, 0.15) is 11.6 Å². The van der Waals surface area contributed by atoms with Gasteiger partial charge in [0.15, 0.2) is 0 Å². The van der Waals surface area contributed by atoms with Crippen LogP contribution in [0.1, 0.15) is 34.4 Å². The second-order valence-corrected chi connectivity index (χ2v) is 7.39. The van der Waals surface area contributed by atoms with Gasteiger partial charge in [-0.25, -0.2) is 0 Å². The molecule has 0 aliphatic heterocycles. The highest BCUT2D eigenvalue weighted by atomic mass is 35.5. The van der Waals surface area contributed by atoms with Gasteiger partial charge >= 0.3 is 0 Å². The van der Waals surface area contributed by atoms with Crippen LogP contribution in [-0.2, 0) is 24.1 Å². The minimum Gasteiger partial charge on any atom is -0.508 e. The number of halogens is 1. The molecule has 0 radical (unpaired) electrons. The number of hydrogen-bond acceptors (Lipinski definition) is 4. The minimum atomic E-state index is -0.256. The third-order valence-corrected chi connectivity index (χ3v) is 5.31. The van der Waals surface area contributed by atoms with Gasteiger partial charge in [0.2, 0.25) is 5.91 Å². The first kappa shape index (κ1) is 21.4. The van der Waals surface area contributed by atoms with Crippen LogP contribution in [0.15, 0.2) is 36.4 Å². The van der Waals surface area contributed by atoms with Crippen molar-refractivity contribution < 1.29 is 9.90 Å². The minimum absolute atomic E-state index is 0. The van der Waals surface area contributed by atoms with Crippen molar-refractivity contribution in [2.45, 2.75) is 32.6 Å². The maximum absolute atomic E-state index is 12.5. The molecule has 8 heteroatoms. The molecule has 156 valence electrons. The van der Waals surface area contributed by atoms with E-state index in [2.05, 4.69) is 15.5 Å². The third kappa shape index (κ3) is 4.16. The van der Waals surface area contributed by atoms with Crippen LogP contribution in [-0.4, -0.2) is 27.0 Å². The summed E-state index contributed by atoms with van der Waals surface area (Å²) in [6, 6.07) is 10.3. The number of rotatable bonds is 5. The van der Waals surface area contributed by atoms with Crippen molar-refractivity contribution in [3.8, 4) is 17.0 Å². The van der Waals surface area contributed by atoms with E-state index in [0.717, 1.165) is 36.1 Å². The zero-order valence-corrected chi connectivity index (χ0v) is 17.4. The number of carbonyl (C=O) groups is 1. The van der Waals surface area contributed by atoms with E-state index < -0.39 is 0 Å². The van der Waals surface area contributed by atoms with Crippen molar-refractivity contribution in [1.82, 2.24) is 10.2 Å². The van der Waals surface area contributed by atoms with E-state index in [9.17, 15) is 9.90 Å². The first-order valence-electron chi connectivity index (χ1n) is 9.55. The van der Waals surface area contributed by atoms with Gasteiger partial charge in [0, 0.05) is 33.6 Å². The molecule has 0 saturated carbocycles. The Hall–Kier alpha value is -3.32. The van der Waals surface area contributed by atoms with Crippen LogP contribution < -0.4 is 11.1 Å². The Balaban J connectivity index is 0.00000256. The molecule has 30 heavy (non-hydrogen) atoms. The molecule has 0 bridgehead atoms. The fourth-order valence-corrected chi connectivity index (χ4v) is 3.82. The normalized spacial score (nSPS) is 12.2. The molecule has 0 spiro atoms. The first-order valence-corrected chi connectivity index (χ1v) is 9.55. The summed E-state index contributed by atoms with van der Waals surface area (Å²) < 4.78 is 0. The number of nitrogens with zero attached hydrogens (tertiary/aromatic N) is 1. The lowest BCUT2D eigenvalue weighted by molar-refractivity contribution is -0.115. The number of nitrogens with two attached hydrogens (primary N) is 1. The predicted molar refractivity (Wildman–Crippen MR) is 119 cm³/mol. The quantitative estimate of drug-likeness (QED) is 0.316. The fraction of sp³-hybridized carbons (Fsp3) is 0.227. The van der Waals surface area contributed by atoms with Crippen LogP contribution in [0.4, 0.5) is 5.69 Å². The monoisotopic (exact) mass is 425 g/mol. The van der Waals surface area contributed by atoms with Gasteiger partial charge in [-0.2, -0.15) is 5.10 Å². The van der Waals surface area contributed by atoms with Crippen LogP contribution in [0.3, 0.4) is 0 Å². The van der Waals surface area contributed by atoms with Gasteiger partial charge in [0.05, 0.1) is 12.1 Å². The summed E-state index contributed by atoms with van der Waals surface area (Å²) in [5, 5.41) is 28.0. The Kier molecular flexibility index (Phi) is 6.12. The highest BCUT2D eigenvalue weighted by Gasteiger charge is 2.20. The number of amides is 1. The largest absolute Gasteiger partial charge is 0.508 e. The average molecular weight is 426 g/mol. The molecule has 6 N–H and O–H groups in total. The summed E-state index contributed by atoms with van der Waals surface area (Å²) in [4.78, 5) is 12.5. The van der Waals surface area contributed by atoms with Crippen molar-refractivity contribution >= 4 is 29.8 Å². The van der Waals surface area contributed by atoms with Crippen molar-refractivity contribution in [3.05, 3.63) is 64.3 Å². The van der Waals surface area contributed by atoms with Crippen molar-refractivity contribution in [2.24, 2.45) is 5.73 Å². The summed E-state index contributed by atoms with van der Waals surface area (Å²) in [7, 11) is 0. The Morgan fingerprint density at radius 2 is 2.07 bits per heavy atom. The average Bonchev–Trinajstić information content (AvgIpc) is 3.27. The van der Waals surface area contributed by atoms with Gasteiger partial charge in [-0.3, -0.25) is 15.3 Å². The van der Waals surface area contributed by atoms with Gasteiger partial charge < -0.3 is 16.2 Å². The lowest BCUT2D eigenvalue weighted by atomic mass is 10.0. The number of aromatic nitrogens is 2. The zero-order chi connectivity index (χ0) is 20.5. The summed E-state index contributed by atoms with van der Waals surface area (Å²) >= 11 is 0. The van der Waals surface area contributed by atoms with E-state index in [1.165, 1.54) is 17.3 Å². The molecule has 1 aliphatic rings. The number of aromatic hydroxyl groups is 1. The highest BCUT2D eigenvalue weighted by molar-refractivity contribution is 5.96. The zero-order valence-electron chi connectivity index (χ0n) is 16.6. The Morgan fingerprint density at radius 3 is 2.80 bits per heavy atom. The molecular formula is C22H24ClN5O2. The van der Waals surface area contributed by atoms with Gasteiger partial charge in [0.25, 0.3) is 0 Å². The summed E-state index contributed by atoms with van der Waals surface area (Å²) in [5.74, 6) is -0.361. The molecule has 0 fully saturated rings. The fourth-order valence-electron chi connectivity index (χ4n) is 3.82. The molecule has 2 aromatic carbocycles. The molecular weight excluding hydrogens is 402 g/mol. The standard InChI is InChI=1S/C22H23N5O2.ClH/c1-12-9-15(6-7-16(12)21-17-3-2-4-18(17)26-27-21)25-20(29)11-14-10-13(22(23)24)5-8-19(14)28;/h5-10,28H,2-4,11H2,1H3,(H3,23,24)(H,25,29)(H,26,27);1H. The van der Waals surface area contributed by atoms with E-state index in [1.807, 2.05) is 25.1 Å². The molecule has 7 nitrogen and oxygen atoms in total. The molecule has 4 rings (SSSR count). The van der Waals surface area contributed by atoms with Gasteiger partial charge in [-0.15, -0.1) is 12.4 Å². The van der Waals surface area contributed by atoms with Crippen molar-refractivity contribution in [3.63, 3.8) is 0 Å². The molecule has 1 amide bonds. The van der Waals surface area contributed by atoms with Crippen LogP contribution >= 0.6 is 12.4 Å². The van der Waals surface area contributed by atoms with E-state index >= 15 is 0 Å². The number of nitrogen functional groups attached to an aromatic ring is 1. The number of aryl methyl sites for hydroxylation is 2. The number of anilines is 1. The number of amidine groups is 1. The summed E-state index contributed by atoms with van der Waals surface area (Å²) in [6.45, 7) is 2.00. The smallest absolute Gasteiger partial charge is 0.228 e. The van der Waals surface area contributed by atoms with Crippen LogP contribution in [0, 0.1) is 12.3 Å². The molecule has 1 aliphatic carbocycles. The molecule has 0 unspecified atom stereocenters. The Bertz CT molecular complexity index is 1120. The maximum atomic E-state index is 12.5. The number of aromatic amines is 1. The second kappa shape index (κ2) is 8.59. The predicted octanol–water partition coefficient (Wildman–Crippen LogP) is 3.47. The maximum Gasteiger partial charge on any atom is 0.228 e. The number of hydrogen-bond donors (Lipinski definition) is 5. The van der Waals surface area contributed by atoms with Crippen molar-refractivity contribution in [2.75, 3.05) is 5.32 Å². The number of H-pyrrole nitrogens is 1. The molecule has 0 saturated heterocycles. The van der Waals surface area contributed by atoms with Gasteiger partial charge in [-0.05, 0) is 62.1 Å². The first-order chi connectivity index (χ1) is 13.9. The summed E-state index contributed by atoms with van der Waals surface area (Å²) in [5.41, 5.74) is 12.7. The molecule has 3 aromatic rings. The van der Waals surface area contributed by atoms with Gasteiger partial charge in [-0.1, -0.05) is 6.07 Å². The topological polar surface area (TPSA) is 128 Å². The molecule has 1 heterocycles. The van der Waals surface area contributed by atoms with E-state index in [4.69, 9.17) is 11.1 Å². The highest BCUT2D eigenvalue weighted by Crippen LogP contribution is 2.33. The molecule has 1 aromatic heterocycles. The van der Waals surface area contributed by atoms with E-state index in [0.29, 0.717) is 16.8 Å². The number of fused-ring (bicyclic) bond motifs is 1. The SMILES string of the molecule is Cc1cc(NC(=O)Cc2cc(C(=N)N)ccc2O)ccc1-c1n[nH]c2c1CCC2.Cl. The van der Waals surface area contributed by atoms with Crippen molar-refractivity contribution in [1.29, 1.82) is 5.41 Å². The number of phenols is 1. The number of carbonyl (C=O) groups excluding carboxylic acids is 1. The lowest BCUT2D eigenvalue weighted by Gasteiger charge is -2.11. The third-order valence-electron chi connectivity index (χ3n) is 5.31. The van der Waals surface area contributed by atoms with Crippen LogP contribution in [0.25, 0.3) is 11.3 Å². The lowest BCUT2D eigenvalue weighted by Crippen LogP contribution is -2.16. The van der Waals surface area contributed by atoms with E-state index in [-0.39, 0.29) is 36.3 Å². The van der Waals surface area contributed by atoms with Crippen LogP contribution in [0.5, 0.6) is 5.75 Å². The van der Waals surface area contributed by atoms with Crippen LogP contribution in [0.2, 0.25) is 0 Å². The molecule has 0 atom stereocenters. The number of benzene rings is 2. The number of phenolic OH excluding ortho intramolecular Hbond substituents is 1. The Morgan fingerprint density at radius 1 is 1.27 bits per heavy atom.